The van der Waals surface area contributed by atoms with Crippen LogP contribution in [-0.4, -0.2) is 34.1 Å². The molecule has 0 aliphatic heterocycles. The van der Waals surface area contributed by atoms with Gasteiger partial charge in [-0.25, -0.2) is 4.98 Å². The topological polar surface area (TPSA) is 85.3 Å². The van der Waals surface area contributed by atoms with Crippen LogP contribution in [0.15, 0.2) is 109 Å². The molecule has 1 heterocycles. The zero-order valence-corrected chi connectivity index (χ0v) is 24.9. The van der Waals surface area contributed by atoms with E-state index in [1.807, 2.05) is 54.0 Å². The fraction of sp³-hybridized carbons (Fsp3) is 0.194. The van der Waals surface area contributed by atoms with Crippen molar-refractivity contribution in [3.63, 3.8) is 0 Å². The Morgan fingerprint density at radius 3 is 2.41 bits per heavy atom. The predicted molar refractivity (Wildman–Crippen MR) is 169 cm³/mol. The molecule has 0 bridgehead atoms. The second kappa shape index (κ2) is 12.9. The van der Waals surface area contributed by atoms with E-state index < -0.39 is 30.5 Å². The third-order valence-corrected chi connectivity index (χ3v) is 7.96. The highest BCUT2D eigenvalue weighted by Crippen LogP contribution is 2.49. The number of amides is 2. The summed E-state index contributed by atoms with van der Waals surface area (Å²) in [7, 11) is 0. The number of hydrogen-bond acceptors (Lipinski definition) is 4. The van der Waals surface area contributed by atoms with Gasteiger partial charge >= 0.3 is 6.18 Å². The van der Waals surface area contributed by atoms with Crippen molar-refractivity contribution in [3.05, 3.63) is 132 Å². The second-order valence-electron chi connectivity index (χ2n) is 11.0. The predicted octanol–water partition coefficient (Wildman–Crippen LogP) is 8.11. The lowest BCUT2D eigenvalue weighted by Gasteiger charge is -2.24. The van der Waals surface area contributed by atoms with Gasteiger partial charge in [-0.2, -0.15) is 13.2 Å². The first kappa shape index (κ1) is 30.6. The van der Waals surface area contributed by atoms with Crippen LogP contribution in [0.2, 0.25) is 0 Å². The van der Waals surface area contributed by atoms with Crippen LogP contribution in [0.4, 0.5) is 19.1 Å². The summed E-state index contributed by atoms with van der Waals surface area (Å²) in [5, 5.41) is 5.03. The van der Waals surface area contributed by atoms with Gasteiger partial charge in [0.1, 0.15) is 18.0 Å². The maximum absolute atomic E-state index is 13.6. The van der Waals surface area contributed by atoms with Gasteiger partial charge in [0, 0.05) is 12.4 Å². The molecule has 46 heavy (non-hydrogen) atoms. The minimum Gasteiger partial charge on any atom is -0.457 e. The lowest BCUT2D eigenvalue weighted by Crippen LogP contribution is -2.36. The standard InChI is InChI=1S/C36H31F3N4O3/c1-2-11-29(26-17-10-18-28-31(26)24-14-6-7-15-25(24)32(28)34(45)41-22-36(37,38)39)43-21-20-40-35(43)42-33(44)27-16-8-9-19-30(27)46-23-12-4-3-5-13-23/h3-10,12-21,29,32H,2,11,22H2,1H3,(H,41,45)(H,40,42,44). The number of rotatable bonds is 10. The highest BCUT2D eigenvalue weighted by atomic mass is 19.4. The van der Waals surface area contributed by atoms with Crippen LogP contribution in [0.1, 0.15) is 58.8 Å². The number of para-hydroxylation sites is 2. The minimum atomic E-state index is -4.53. The quantitative estimate of drug-likeness (QED) is 0.164. The normalized spacial score (nSPS) is 14.2. The number of hydrogen-bond donors (Lipinski definition) is 2. The van der Waals surface area contributed by atoms with Crippen LogP contribution in [0.3, 0.4) is 0 Å². The third-order valence-electron chi connectivity index (χ3n) is 7.96. The number of nitrogens with one attached hydrogen (secondary N) is 2. The van der Waals surface area contributed by atoms with Gasteiger partial charge in [-0.15, -0.1) is 0 Å². The molecule has 2 atom stereocenters. The van der Waals surface area contributed by atoms with E-state index >= 15 is 0 Å². The summed E-state index contributed by atoms with van der Waals surface area (Å²) in [6.45, 7) is 0.638. The molecule has 0 saturated heterocycles. The third kappa shape index (κ3) is 6.24. The number of alkyl halides is 3. The van der Waals surface area contributed by atoms with Gasteiger partial charge in [-0.1, -0.05) is 86.1 Å². The summed E-state index contributed by atoms with van der Waals surface area (Å²) in [5.74, 6) is -0.697. The van der Waals surface area contributed by atoms with E-state index in [2.05, 4.69) is 15.6 Å². The summed E-state index contributed by atoms with van der Waals surface area (Å²) in [4.78, 5) is 31.3. The van der Waals surface area contributed by atoms with Gasteiger partial charge < -0.3 is 14.6 Å². The maximum atomic E-state index is 13.6. The van der Waals surface area contributed by atoms with E-state index in [9.17, 15) is 22.8 Å². The molecule has 0 fully saturated rings. The van der Waals surface area contributed by atoms with Gasteiger partial charge in [-0.3, -0.25) is 14.9 Å². The molecule has 1 aliphatic carbocycles. The molecule has 10 heteroatoms. The van der Waals surface area contributed by atoms with Crippen molar-refractivity contribution in [2.24, 2.45) is 0 Å². The number of aromatic nitrogens is 2. The average molecular weight is 625 g/mol. The van der Waals surface area contributed by atoms with Crippen molar-refractivity contribution >= 4 is 17.8 Å². The lowest BCUT2D eigenvalue weighted by molar-refractivity contribution is -0.138. The largest absolute Gasteiger partial charge is 0.457 e. The van der Waals surface area contributed by atoms with E-state index in [1.165, 1.54) is 0 Å². The number of ether oxygens (including phenoxy) is 1. The second-order valence-corrected chi connectivity index (χ2v) is 11.0. The Kier molecular flexibility index (Phi) is 8.61. The molecule has 2 amide bonds. The Hall–Kier alpha value is -5.38. The van der Waals surface area contributed by atoms with Gasteiger partial charge in [0.05, 0.1) is 17.5 Å². The Morgan fingerprint density at radius 2 is 1.63 bits per heavy atom. The van der Waals surface area contributed by atoms with E-state index in [4.69, 9.17) is 4.74 Å². The molecule has 7 nitrogen and oxygen atoms in total. The monoisotopic (exact) mass is 624 g/mol. The van der Waals surface area contributed by atoms with Gasteiger partial charge in [0.2, 0.25) is 11.9 Å². The number of halogens is 3. The van der Waals surface area contributed by atoms with E-state index in [0.29, 0.717) is 40.6 Å². The van der Waals surface area contributed by atoms with Crippen LogP contribution in [-0.2, 0) is 4.79 Å². The molecule has 0 saturated carbocycles. The van der Waals surface area contributed by atoms with Crippen LogP contribution in [0, 0.1) is 0 Å². The van der Waals surface area contributed by atoms with Crippen molar-refractivity contribution in [1.82, 2.24) is 14.9 Å². The number of anilines is 1. The fourth-order valence-electron chi connectivity index (χ4n) is 6.04. The highest BCUT2D eigenvalue weighted by Gasteiger charge is 2.38. The molecule has 0 spiro atoms. The molecular formula is C36H31F3N4O3. The molecule has 5 aromatic rings. The summed E-state index contributed by atoms with van der Waals surface area (Å²) in [5.41, 5.74) is 4.08. The summed E-state index contributed by atoms with van der Waals surface area (Å²) >= 11 is 0. The first-order valence-electron chi connectivity index (χ1n) is 15.0. The van der Waals surface area contributed by atoms with Crippen LogP contribution in [0.5, 0.6) is 11.5 Å². The van der Waals surface area contributed by atoms with Crippen molar-refractivity contribution in [1.29, 1.82) is 0 Å². The number of nitrogens with zero attached hydrogens (tertiary/aromatic N) is 2. The summed E-state index contributed by atoms with van der Waals surface area (Å²) in [6.07, 6.45) is 0.313. The number of benzene rings is 4. The maximum Gasteiger partial charge on any atom is 0.405 e. The fourth-order valence-corrected chi connectivity index (χ4v) is 6.04. The summed E-state index contributed by atoms with van der Waals surface area (Å²) < 4.78 is 46.9. The van der Waals surface area contributed by atoms with Crippen LogP contribution >= 0.6 is 0 Å². The molecule has 234 valence electrons. The minimum absolute atomic E-state index is 0.307. The first-order chi connectivity index (χ1) is 22.2. The molecule has 0 radical (unpaired) electrons. The average Bonchev–Trinajstić information content (AvgIpc) is 3.65. The van der Waals surface area contributed by atoms with Crippen LogP contribution in [0.25, 0.3) is 11.1 Å². The zero-order valence-electron chi connectivity index (χ0n) is 24.9. The molecule has 4 aromatic carbocycles. The zero-order chi connectivity index (χ0) is 32.3. The molecular weight excluding hydrogens is 593 g/mol. The van der Waals surface area contributed by atoms with Crippen molar-refractivity contribution in [2.45, 2.75) is 37.9 Å². The van der Waals surface area contributed by atoms with E-state index in [1.54, 1.807) is 67.0 Å². The molecule has 1 aromatic heterocycles. The number of imidazole rings is 1. The van der Waals surface area contributed by atoms with E-state index in [-0.39, 0.29) is 6.04 Å². The van der Waals surface area contributed by atoms with Crippen LogP contribution < -0.4 is 15.4 Å². The molecule has 1 aliphatic rings. The molecule has 2 unspecified atom stereocenters. The highest BCUT2D eigenvalue weighted by molar-refractivity contribution is 6.05. The Morgan fingerprint density at radius 1 is 0.913 bits per heavy atom. The van der Waals surface area contributed by atoms with Gasteiger partial charge in [-0.05, 0) is 58.5 Å². The summed E-state index contributed by atoms with van der Waals surface area (Å²) in [6, 6.07) is 28.7. The van der Waals surface area contributed by atoms with Gasteiger partial charge in [0.25, 0.3) is 5.91 Å². The smallest absolute Gasteiger partial charge is 0.405 e. The Labute approximate surface area is 264 Å². The Bertz CT molecular complexity index is 1870. The van der Waals surface area contributed by atoms with Crippen molar-refractivity contribution < 1.29 is 27.5 Å². The lowest BCUT2D eigenvalue weighted by atomic mass is 9.90. The number of carbonyl (C=O) groups is 2. The number of carbonyl (C=O) groups excluding carboxylic acids is 2. The van der Waals surface area contributed by atoms with Crippen molar-refractivity contribution in [2.75, 3.05) is 11.9 Å². The van der Waals surface area contributed by atoms with Crippen molar-refractivity contribution in [3.8, 4) is 22.6 Å². The van der Waals surface area contributed by atoms with E-state index in [0.717, 1.165) is 23.1 Å². The Balaban J connectivity index is 1.35. The SMILES string of the molecule is CCCC(c1cccc2c1-c1ccccc1C2C(=O)NCC(F)(F)F)n1ccnc1NC(=O)c1ccccc1Oc1ccccc1. The molecule has 2 N–H and O–H groups in total. The number of fused-ring (bicyclic) bond motifs is 3. The first-order valence-corrected chi connectivity index (χ1v) is 15.0. The molecule has 6 rings (SSSR count). The van der Waals surface area contributed by atoms with Gasteiger partial charge in [0.15, 0.2) is 0 Å².